The molecule has 1 aromatic rings. The summed E-state index contributed by atoms with van der Waals surface area (Å²) in [4.78, 5) is 4.08. The number of hydrogen-bond acceptors (Lipinski definition) is 2. The van der Waals surface area contributed by atoms with E-state index in [-0.39, 0.29) is 0 Å². The third-order valence-electron chi connectivity index (χ3n) is 3.02. The van der Waals surface area contributed by atoms with Crippen molar-refractivity contribution in [2.24, 2.45) is 4.99 Å². The van der Waals surface area contributed by atoms with E-state index in [0.717, 1.165) is 24.7 Å². The third-order valence-corrected chi connectivity index (χ3v) is 3.02. The lowest BCUT2D eigenvalue weighted by Crippen LogP contribution is -2.35. The van der Waals surface area contributed by atoms with Gasteiger partial charge in [0.2, 0.25) is 0 Å². The standard InChI is InChI=1S/C14H23N3O/c1-11(9-10-17-14(15-2)16-3)12-5-7-13(18-4)8-6-12/h5-8,11H,9-10H2,1-4H3,(H2,15,16,17)/t11-/m0/s1. The van der Waals surface area contributed by atoms with Crippen LogP contribution in [0.2, 0.25) is 0 Å². The van der Waals surface area contributed by atoms with Crippen LogP contribution in [-0.2, 0) is 0 Å². The zero-order chi connectivity index (χ0) is 13.4. The smallest absolute Gasteiger partial charge is 0.190 e. The minimum Gasteiger partial charge on any atom is -0.497 e. The second kappa shape index (κ2) is 7.58. The second-order valence-corrected chi connectivity index (χ2v) is 4.21. The van der Waals surface area contributed by atoms with E-state index in [1.807, 2.05) is 19.2 Å². The number of hydrogen-bond donors (Lipinski definition) is 2. The van der Waals surface area contributed by atoms with E-state index in [4.69, 9.17) is 4.74 Å². The van der Waals surface area contributed by atoms with Crippen LogP contribution in [0, 0.1) is 0 Å². The number of nitrogens with zero attached hydrogens (tertiary/aromatic N) is 1. The third kappa shape index (κ3) is 4.28. The number of nitrogens with one attached hydrogen (secondary N) is 2. The minimum absolute atomic E-state index is 0.512. The van der Waals surface area contributed by atoms with Crippen molar-refractivity contribution in [2.45, 2.75) is 19.3 Å². The molecule has 0 aliphatic rings. The molecule has 0 saturated carbocycles. The Morgan fingerprint density at radius 2 is 2.00 bits per heavy atom. The van der Waals surface area contributed by atoms with Gasteiger partial charge in [0, 0.05) is 20.6 Å². The Kier molecular flexibility index (Phi) is 6.05. The van der Waals surface area contributed by atoms with Crippen LogP contribution in [0.3, 0.4) is 0 Å². The molecule has 0 radical (unpaired) electrons. The minimum atomic E-state index is 0.512. The lowest BCUT2D eigenvalue weighted by Gasteiger charge is -2.14. The monoisotopic (exact) mass is 249 g/mol. The maximum atomic E-state index is 5.15. The first-order valence-electron chi connectivity index (χ1n) is 6.23. The van der Waals surface area contributed by atoms with Crippen LogP contribution >= 0.6 is 0 Å². The van der Waals surface area contributed by atoms with Crippen molar-refractivity contribution in [3.63, 3.8) is 0 Å². The van der Waals surface area contributed by atoms with Crippen molar-refractivity contribution in [1.29, 1.82) is 0 Å². The summed E-state index contributed by atoms with van der Waals surface area (Å²) in [5, 5.41) is 6.26. The molecule has 0 aliphatic heterocycles. The average Bonchev–Trinajstić information content (AvgIpc) is 2.43. The molecule has 0 spiro atoms. The van der Waals surface area contributed by atoms with Gasteiger partial charge in [-0.2, -0.15) is 0 Å². The highest BCUT2D eigenvalue weighted by molar-refractivity contribution is 5.79. The lowest BCUT2D eigenvalue weighted by atomic mass is 9.98. The highest BCUT2D eigenvalue weighted by Gasteiger charge is 2.05. The summed E-state index contributed by atoms with van der Waals surface area (Å²) >= 11 is 0. The highest BCUT2D eigenvalue weighted by atomic mass is 16.5. The van der Waals surface area contributed by atoms with E-state index in [2.05, 4.69) is 34.7 Å². The van der Waals surface area contributed by atoms with E-state index < -0.39 is 0 Å². The Morgan fingerprint density at radius 1 is 1.33 bits per heavy atom. The van der Waals surface area contributed by atoms with Crippen molar-refractivity contribution < 1.29 is 4.74 Å². The molecule has 0 amide bonds. The highest BCUT2D eigenvalue weighted by Crippen LogP contribution is 2.21. The van der Waals surface area contributed by atoms with Crippen molar-refractivity contribution >= 4 is 5.96 Å². The largest absolute Gasteiger partial charge is 0.497 e. The van der Waals surface area contributed by atoms with Gasteiger partial charge in [-0.15, -0.1) is 0 Å². The van der Waals surface area contributed by atoms with E-state index in [0.29, 0.717) is 5.92 Å². The van der Waals surface area contributed by atoms with Gasteiger partial charge in [0.1, 0.15) is 5.75 Å². The summed E-state index contributed by atoms with van der Waals surface area (Å²) in [6.45, 7) is 3.13. The van der Waals surface area contributed by atoms with Crippen molar-refractivity contribution in [3.05, 3.63) is 29.8 Å². The Hall–Kier alpha value is -1.71. The summed E-state index contributed by atoms with van der Waals surface area (Å²) in [6, 6.07) is 8.25. The van der Waals surface area contributed by atoms with Crippen LogP contribution in [0.25, 0.3) is 0 Å². The molecule has 0 aliphatic carbocycles. The molecule has 0 aromatic heterocycles. The Labute approximate surface area is 109 Å². The number of ether oxygens (including phenoxy) is 1. The van der Waals surface area contributed by atoms with Gasteiger partial charge in [-0.25, -0.2) is 0 Å². The lowest BCUT2D eigenvalue weighted by molar-refractivity contribution is 0.414. The zero-order valence-corrected chi connectivity index (χ0v) is 11.7. The molecule has 1 aromatic carbocycles. The molecule has 100 valence electrons. The van der Waals surface area contributed by atoms with Crippen molar-refractivity contribution in [3.8, 4) is 5.75 Å². The fourth-order valence-electron chi connectivity index (χ4n) is 1.79. The summed E-state index contributed by atoms with van der Waals surface area (Å²) in [5.74, 6) is 2.25. The summed E-state index contributed by atoms with van der Waals surface area (Å²) < 4.78 is 5.15. The first-order valence-corrected chi connectivity index (χ1v) is 6.23. The van der Waals surface area contributed by atoms with Gasteiger partial charge in [0.05, 0.1) is 7.11 Å². The number of methoxy groups -OCH3 is 1. The molecule has 2 N–H and O–H groups in total. The quantitative estimate of drug-likeness (QED) is 0.619. The maximum Gasteiger partial charge on any atom is 0.190 e. The molecule has 0 unspecified atom stereocenters. The fourth-order valence-corrected chi connectivity index (χ4v) is 1.79. The Morgan fingerprint density at radius 3 is 2.50 bits per heavy atom. The van der Waals surface area contributed by atoms with Gasteiger partial charge >= 0.3 is 0 Å². The molecular weight excluding hydrogens is 226 g/mol. The van der Waals surface area contributed by atoms with Crippen molar-refractivity contribution in [1.82, 2.24) is 10.6 Å². The Balaban J connectivity index is 2.42. The first-order chi connectivity index (χ1) is 8.71. The molecule has 4 heteroatoms. The maximum absolute atomic E-state index is 5.15. The van der Waals surface area contributed by atoms with E-state index in [9.17, 15) is 0 Å². The number of benzene rings is 1. The normalized spacial score (nSPS) is 13.0. The number of rotatable bonds is 5. The molecule has 1 atom stereocenters. The van der Waals surface area contributed by atoms with Crippen molar-refractivity contribution in [2.75, 3.05) is 27.7 Å². The molecule has 0 bridgehead atoms. The van der Waals surface area contributed by atoms with Crippen LogP contribution in [-0.4, -0.2) is 33.7 Å². The van der Waals surface area contributed by atoms with Crippen LogP contribution in [0.1, 0.15) is 24.8 Å². The summed E-state index contributed by atoms with van der Waals surface area (Å²) in [7, 11) is 5.32. The molecule has 0 heterocycles. The van der Waals surface area contributed by atoms with Crippen LogP contribution in [0.15, 0.2) is 29.3 Å². The number of guanidine groups is 1. The average molecular weight is 249 g/mol. The molecule has 4 nitrogen and oxygen atoms in total. The molecule has 18 heavy (non-hydrogen) atoms. The predicted octanol–water partition coefficient (Wildman–Crippen LogP) is 1.98. The second-order valence-electron chi connectivity index (χ2n) is 4.21. The van der Waals surface area contributed by atoms with Gasteiger partial charge in [-0.05, 0) is 30.0 Å². The SMILES string of the molecule is CN=C(NC)NCC[C@H](C)c1ccc(OC)cc1. The first kappa shape index (κ1) is 14.4. The molecule has 0 saturated heterocycles. The summed E-state index contributed by atoms with van der Waals surface area (Å²) in [5.41, 5.74) is 1.33. The van der Waals surface area contributed by atoms with Crippen LogP contribution in [0.5, 0.6) is 5.75 Å². The zero-order valence-electron chi connectivity index (χ0n) is 11.7. The molecule has 0 fully saturated rings. The summed E-state index contributed by atoms with van der Waals surface area (Å²) in [6.07, 6.45) is 1.06. The van der Waals surface area contributed by atoms with Crippen LogP contribution in [0.4, 0.5) is 0 Å². The number of aliphatic imine (C=N–C) groups is 1. The van der Waals surface area contributed by atoms with Crippen LogP contribution < -0.4 is 15.4 Å². The predicted molar refractivity (Wildman–Crippen MR) is 76.4 cm³/mol. The molecular formula is C14H23N3O. The van der Waals surface area contributed by atoms with Gasteiger partial charge in [0.25, 0.3) is 0 Å². The van der Waals surface area contributed by atoms with E-state index in [1.165, 1.54) is 5.56 Å². The Bertz CT molecular complexity index is 373. The van der Waals surface area contributed by atoms with Gasteiger partial charge in [-0.1, -0.05) is 19.1 Å². The fraction of sp³-hybridized carbons (Fsp3) is 0.500. The topological polar surface area (TPSA) is 45.7 Å². The van der Waals surface area contributed by atoms with Gasteiger partial charge in [-0.3, -0.25) is 4.99 Å². The van der Waals surface area contributed by atoms with E-state index in [1.54, 1.807) is 14.2 Å². The van der Waals surface area contributed by atoms with E-state index >= 15 is 0 Å². The molecule has 1 rings (SSSR count). The van der Waals surface area contributed by atoms with Gasteiger partial charge < -0.3 is 15.4 Å². The van der Waals surface area contributed by atoms with Gasteiger partial charge in [0.15, 0.2) is 5.96 Å².